The number of carbonyl (C=O) groups excluding carboxylic acids is 2. The van der Waals surface area contributed by atoms with E-state index in [1.54, 1.807) is 23.1 Å². The molecular formula is C18H26N4O4S. The Labute approximate surface area is 160 Å². The number of rotatable bonds is 7. The summed E-state index contributed by atoms with van der Waals surface area (Å²) < 4.78 is 26.8. The molecular weight excluding hydrogens is 368 g/mol. The summed E-state index contributed by atoms with van der Waals surface area (Å²) in [6.07, 6.45) is 0. The van der Waals surface area contributed by atoms with Gasteiger partial charge in [-0.3, -0.25) is 19.3 Å². The molecule has 1 aromatic rings. The summed E-state index contributed by atoms with van der Waals surface area (Å²) in [5.41, 5.74) is 0.440. The van der Waals surface area contributed by atoms with E-state index in [1.807, 2.05) is 27.7 Å². The monoisotopic (exact) mass is 394 g/mol. The molecule has 2 N–H and O–H groups in total. The van der Waals surface area contributed by atoms with Crippen LogP contribution in [0.15, 0.2) is 34.2 Å². The molecule has 0 unspecified atom stereocenters. The summed E-state index contributed by atoms with van der Waals surface area (Å²) in [5, 5.41) is 2.62. The Morgan fingerprint density at radius 2 is 1.81 bits per heavy atom. The lowest BCUT2D eigenvalue weighted by atomic mass is 10.0. The molecule has 0 fully saturated rings. The Balaban J connectivity index is 2.20. The van der Waals surface area contributed by atoms with E-state index in [0.717, 1.165) is 0 Å². The highest BCUT2D eigenvalue weighted by molar-refractivity contribution is 7.90. The molecule has 8 nitrogen and oxygen atoms in total. The van der Waals surface area contributed by atoms with Gasteiger partial charge in [0.1, 0.15) is 11.9 Å². The first-order valence-corrected chi connectivity index (χ1v) is 10.4. The Hall–Kier alpha value is -2.42. The van der Waals surface area contributed by atoms with E-state index in [-0.39, 0.29) is 29.1 Å². The van der Waals surface area contributed by atoms with E-state index in [0.29, 0.717) is 18.7 Å². The summed E-state index contributed by atoms with van der Waals surface area (Å²) in [6.45, 7) is 8.40. The van der Waals surface area contributed by atoms with Gasteiger partial charge in [0.05, 0.1) is 11.4 Å². The maximum absolute atomic E-state index is 12.6. The van der Waals surface area contributed by atoms with Crippen molar-refractivity contribution in [3.05, 3.63) is 29.8 Å². The van der Waals surface area contributed by atoms with E-state index in [9.17, 15) is 18.0 Å². The topological polar surface area (TPSA) is 108 Å². The highest BCUT2D eigenvalue weighted by atomic mass is 32.2. The number of sulfonamides is 1. The molecule has 27 heavy (non-hydrogen) atoms. The van der Waals surface area contributed by atoms with Gasteiger partial charge in [-0.05, 0) is 31.9 Å². The zero-order valence-electron chi connectivity index (χ0n) is 16.0. The number of amidine groups is 1. The normalized spacial score (nSPS) is 17.3. The van der Waals surface area contributed by atoms with Crippen LogP contribution in [0, 0.1) is 5.92 Å². The van der Waals surface area contributed by atoms with Crippen molar-refractivity contribution in [2.45, 2.75) is 38.6 Å². The van der Waals surface area contributed by atoms with Gasteiger partial charge in [0, 0.05) is 18.7 Å². The summed E-state index contributed by atoms with van der Waals surface area (Å²) >= 11 is 0. The van der Waals surface area contributed by atoms with Gasteiger partial charge in [-0.2, -0.15) is 0 Å². The van der Waals surface area contributed by atoms with Crippen LogP contribution in [0.1, 0.15) is 33.3 Å². The van der Waals surface area contributed by atoms with Crippen molar-refractivity contribution in [3.63, 3.8) is 0 Å². The van der Waals surface area contributed by atoms with Gasteiger partial charge in [-0.1, -0.05) is 26.0 Å². The maximum atomic E-state index is 12.6. The van der Waals surface area contributed by atoms with E-state index >= 15 is 0 Å². The summed E-state index contributed by atoms with van der Waals surface area (Å²) in [5.74, 6) is -0.621. The van der Waals surface area contributed by atoms with Crippen LogP contribution in [-0.2, 0) is 19.6 Å². The summed E-state index contributed by atoms with van der Waals surface area (Å²) in [7, 11) is -3.67. The van der Waals surface area contributed by atoms with Crippen LogP contribution < -0.4 is 10.0 Å². The maximum Gasteiger partial charge on any atom is 0.263 e. The first-order valence-electron chi connectivity index (χ1n) is 8.96. The molecule has 2 rings (SSSR count). The molecule has 0 saturated carbocycles. The van der Waals surface area contributed by atoms with E-state index in [4.69, 9.17) is 0 Å². The number of nitrogens with one attached hydrogen (secondary N) is 2. The van der Waals surface area contributed by atoms with Gasteiger partial charge in [-0.25, -0.2) is 8.42 Å². The van der Waals surface area contributed by atoms with Gasteiger partial charge in [0.2, 0.25) is 11.8 Å². The minimum absolute atomic E-state index is 0.114. The predicted octanol–water partition coefficient (Wildman–Crippen LogP) is 0.734. The fraction of sp³-hybridized carbons (Fsp3) is 0.500. The third-order valence-electron chi connectivity index (χ3n) is 4.36. The van der Waals surface area contributed by atoms with Crippen molar-refractivity contribution in [1.29, 1.82) is 0 Å². The zero-order valence-corrected chi connectivity index (χ0v) is 16.8. The zero-order chi connectivity index (χ0) is 20.2. The number of benzene rings is 1. The van der Waals surface area contributed by atoms with E-state index in [1.165, 1.54) is 6.07 Å². The second kappa shape index (κ2) is 8.51. The van der Waals surface area contributed by atoms with E-state index in [2.05, 4.69) is 15.0 Å². The highest BCUT2D eigenvalue weighted by Gasteiger charge is 2.32. The van der Waals surface area contributed by atoms with Gasteiger partial charge in [0.25, 0.3) is 10.0 Å². The number of nitrogens with zero attached hydrogens (tertiary/aromatic N) is 2. The van der Waals surface area contributed by atoms with Gasteiger partial charge in [-0.15, -0.1) is 0 Å². The van der Waals surface area contributed by atoms with Crippen LogP contribution in [0.2, 0.25) is 0 Å². The number of aliphatic imine (C=N–C) groups is 1. The first-order chi connectivity index (χ1) is 12.7. The quantitative estimate of drug-likeness (QED) is 0.711. The Kier molecular flexibility index (Phi) is 6.59. The molecule has 0 spiro atoms. The van der Waals surface area contributed by atoms with Crippen molar-refractivity contribution < 1.29 is 18.0 Å². The third kappa shape index (κ3) is 4.65. The fourth-order valence-corrected chi connectivity index (χ4v) is 4.07. The van der Waals surface area contributed by atoms with Crippen molar-refractivity contribution in [1.82, 2.24) is 14.9 Å². The average Bonchev–Trinajstić information content (AvgIpc) is 2.89. The van der Waals surface area contributed by atoms with Crippen molar-refractivity contribution >= 4 is 27.7 Å². The summed E-state index contributed by atoms with van der Waals surface area (Å²) in [6, 6.07) is 5.66. The standard InChI is InChI=1S/C18H26N4O4S/c1-5-22(6-2)15(23)11-19-18(24)16(12(3)4)20-17-13-9-7-8-10-14(13)27(25,26)21-17/h7-10,12,16H,5-6,11H2,1-4H3,(H,19,24)(H,20,21)/t16-/m0/s1. The molecule has 148 valence electrons. The smallest absolute Gasteiger partial charge is 0.263 e. The SMILES string of the molecule is CCN(CC)C(=O)CNC(=O)[C@@H](N=C1NS(=O)(=O)c2ccccc21)C(C)C. The predicted molar refractivity (Wildman–Crippen MR) is 103 cm³/mol. The molecule has 1 aromatic carbocycles. The highest BCUT2D eigenvalue weighted by Crippen LogP contribution is 2.23. The minimum atomic E-state index is -3.67. The molecule has 1 heterocycles. The molecule has 0 saturated heterocycles. The fourth-order valence-electron chi connectivity index (χ4n) is 2.83. The van der Waals surface area contributed by atoms with Crippen molar-refractivity contribution in [2.24, 2.45) is 10.9 Å². The molecule has 1 aliphatic heterocycles. The van der Waals surface area contributed by atoms with Crippen molar-refractivity contribution in [3.8, 4) is 0 Å². The first kappa shape index (κ1) is 20.9. The van der Waals surface area contributed by atoms with Crippen LogP contribution >= 0.6 is 0 Å². The second-order valence-corrected chi connectivity index (χ2v) is 8.20. The molecule has 2 amide bonds. The number of hydrogen-bond acceptors (Lipinski definition) is 5. The van der Waals surface area contributed by atoms with E-state index < -0.39 is 22.0 Å². The van der Waals surface area contributed by atoms with Crippen molar-refractivity contribution in [2.75, 3.05) is 19.6 Å². The lowest BCUT2D eigenvalue weighted by Gasteiger charge is -2.21. The lowest BCUT2D eigenvalue weighted by Crippen LogP contribution is -2.44. The van der Waals surface area contributed by atoms with Crippen LogP contribution in [0.3, 0.4) is 0 Å². The second-order valence-electron chi connectivity index (χ2n) is 6.55. The van der Waals surface area contributed by atoms with Crippen LogP contribution in [0.5, 0.6) is 0 Å². The Morgan fingerprint density at radius 3 is 2.41 bits per heavy atom. The lowest BCUT2D eigenvalue weighted by molar-refractivity contribution is -0.133. The number of likely N-dealkylation sites (N-methyl/N-ethyl adjacent to an activating group) is 1. The third-order valence-corrected chi connectivity index (χ3v) is 5.76. The van der Waals surface area contributed by atoms with Crippen LogP contribution in [-0.4, -0.2) is 56.6 Å². The van der Waals surface area contributed by atoms with Crippen LogP contribution in [0.4, 0.5) is 0 Å². The number of amides is 2. The van der Waals surface area contributed by atoms with Crippen LogP contribution in [0.25, 0.3) is 0 Å². The number of hydrogen-bond donors (Lipinski definition) is 2. The Morgan fingerprint density at radius 1 is 1.19 bits per heavy atom. The largest absolute Gasteiger partial charge is 0.345 e. The molecule has 0 aliphatic carbocycles. The molecule has 1 aliphatic rings. The molecule has 9 heteroatoms. The minimum Gasteiger partial charge on any atom is -0.345 e. The molecule has 0 aromatic heterocycles. The molecule has 0 bridgehead atoms. The molecule has 0 radical (unpaired) electrons. The number of carbonyl (C=O) groups is 2. The molecule has 1 atom stereocenters. The van der Waals surface area contributed by atoms with Gasteiger partial charge >= 0.3 is 0 Å². The average molecular weight is 394 g/mol. The summed E-state index contributed by atoms with van der Waals surface area (Å²) in [4.78, 5) is 30.8. The number of fused-ring (bicyclic) bond motifs is 1. The van der Waals surface area contributed by atoms with Gasteiger partial charge in [0.15, 0.2) is 0 Å². The Bertz CT molecular complexity index is 845. The van der Waals surface area contributed by atoms with Gasteiger partial charge < -0.3 is 10.2 Å².